The molecule has 1 heterocycles. The van der Waals surface area contributed by atoms with E-state index in [1.807, 2.05) is 36.4 Å². The summed E-state index contributed by atoms with van der Waals surface area (Å²) in [7, 11) is -2.66. The molecule has 4 rings (SSSR count). The zero-order valence-electron chi connectivity index (χ0n) is 20.0. The summed E-state index contributed by atoms with van der Waals surface area (Å²) in [6.07, 6.45) is 1.16. The fourth-order valence-electron chi connectivity index (χ4n) is 3.91. The van der Waals surface area contributed by atoms with Crippen molar-refractivity contribution in [2.75, 3.05) is 7.11 Å². The Labute approximate surface area is 229 Å². The lowest BCUT2D eigenvalue weighted by atomic mass is 10.00. The van der Waals surface area contributed by atoms with E-state index in [0.717, 1.165) is 15.1 Å². The predicted molar refractivity (Wildman–Crippen MR) is 145 cm³/mol. The van der Waals surface area contributed by atoms with Crippen LogP contribution >= 0.6 is 23.2 Å². The Kier molecular flexibility index (Phi) is 8.11. The molecule has 4 aromatic rings. The lowest BCUT2D eigenvalue weighted by molar-refractivity contribution is -0.139. The van der Waals surface area contributed by atoms with Crippen molar-refractivity contribution < 1.29 is 27.9 Å². The number of methoxy groups -OCH3 is 1. The van der Waals surface area contributed by atoms with Gasteiger partial charge in [0.15, 0.2) is 0 Å². The summed E-state index contributed by atoms with van der Waals surface area (Å²) in [5.74, 6) is -1.44. The van der Waals surface area contributed by atoms with Gasteiger partial charge in [0, 0.05) is 28.2 Å². The Morgan fingerprint density at radius 3 is 2.26 bits per heavy atom. The first-order chi connectivity index (χ1) is 18.1. The Balaban J connectivity index is 1.54. The third kappa shape index (κ3) is 5.85. The van der Waals surface area contributed by atoms with Crippen molar-refractivity contribution in [1.29, 1.82) is 0 Å². The fourth-order valence-corrected chi connectivity index (χ4v) is 5.98. The van der Waals surface area contributed by atoms with Crippen LogP contribution in [0.2, 0.25) is 10.0 Å². The zero-order chi connectivity index (χ0) is 27.4. The van der Waals surface area contributed by atoms with Gasteiger partial charge >= 0.3 is 5.97 Å². The number of aliphatic carboxylic acids is 1. The highest BCUT2D eigenvalue weighted by Crippen LogP contribution is 2.30. The normalized spacial score (nSPS) is 12.1. The summed E-state index contributed by atoms with van der Waals surface area (Å²) in [5, 5.41) is 12.4. The molecule has 0 aliphatic rings. The standard InChI is InChI=1S/C27H22Cl2N2O6S/c1-37-25-7-3-2-5-22(25)18-10-8-17(9-11-18)13-23(27(33)34)30-26(32)24-6-4-12-31(24)38(35,36)21-15-19(28)14-20(29)16-21/h2-12,14-16,23H,13H2,1H3,(H,30,32)(H,33,34)/t23-/m0/s1. The number of ether oxygens (including phenoxy) is 1. The summed E-state index contributed by atoms with van der Waals surface area (Å²) in [6.45, 7) is 0. The van der Waals surface area contributed by atoms with Crippen LogP contribution < -0.4 is 10.1 Å². The van der Waals surface area contributed by atoms with Gasteiger partial charge in [0.05, 0.1) is 12.0 Å². The molecule has 3 aromatic carbocycles. The average Bonchev–Trinajstić information content (AvgIpc) is 3.39. The number of carbonyl (C=O) groups excluding carboxylic acids is 1. The molecule has 0 aliphatic heterocycles. The van der Waals surface area contributed by atoms with Gasteiger partial charge in [-0.1, -0.05) is 65.7 Å². The number of rotatable bonds is 9. The van der Waals surface area contributed by atoms with Crippen molar-refractivity contribution in [1.82, 2.24) is 9.29 Å². The van der Waals surface area contributed by atoms with Crippen LogP contribution in [0.25, 0.3) is 11.1 Å². The molecule has 8 nitrogen and oxygen atoms in total. The van der Waals surface area contributed by atoms with Crippen LogP contribution in [0.15, 0.2) is 90.0 Å². The van der Waals surface area contributed by atoms with E-state index in [-0.39, 0.29) is 27.1 Å². The monoisotopic (exact) mass is 572 g/mol. The minimum atomic E-state index is -4.24. The van der Waals surface area contributed by atoms with Gasteiger partial charge in [-0.2, -0.15) is 0 Å². The number of hydrogen-bond donors (Lipinski definition) is 2. The van der Waals surface area contributed by atoms with E-state index in [1.54, 1.807) is 19.2 Å². The molecule has 0 saturated heterocycles. The maximum Gasteiger partial charge on any atom is 0.326 e. The SMILES string of the molecule is COc1ccccc1-c1ccc(C[C@H](NC(=O)c2cccn2S(=O)(=O)c2cc(Cl)cc(Cl)c2)C(=O)O)cc1. The topological polar surface area (TPSA) is 115 Å². The van der Waals surface area contributed by atoms with Gasteiger partial charge in [-0.15, -0.1) is 0 Å². The molecule has 38 heavy (non-hydrogen) atoms. The largest absolute Gasteiger partial charge is 0.496 e. The van der Waals surface area contributed by atoms with Crippen molar-refractivity contribution in [3.8, 4) is 16.9 Å². The number of carboxylic acid groups (broad SMARTS) is 1. The van der Waals surface area contributed by atoms with E-state index in [0.29, 0.717) is 11.3 Å². The molecule has 1 amide bonds. The zero-order valence-corrected chi connectivity index (χ0v) is 22.3. The van der Waals surface area contributed by atoms with Gasteiger partial charge < -0.3 is 15.2 Å². The highest BCUT2D eigenvalue weighted by molar-refractivity contribution is 7.90. The Morgan fingerprint density at radius 2 is 1.63 bits per heavy atom. The maximum absolute atomic E-state index is 13.2. The second-order valence-electron chi connectivity index (χ2n) is 8.27. The van der Waals surface area contributed by atoms with Gasteiger partial charge in [-0.25, -0.2) is 17.2 Å². The minimum Gasteiger partial charge on any atom is -0.496 e. The minimum absolute atomic E-state index is 0.0232. The molecule has 0 radical (unpaired) electrons. The fraction of sp³-hybridized carbons (Fsp3) is 0.111. The van der Waals surface area contributed by atoms with Crippen LogP contribution in [0.3, 0.4) is 0 Å². The summed E-state index contributed by atoms with van der Waals surface area (Å²) >= 11 is 11.9. The van der Waals surface area contributed by atoms with Gasteiger partial charge in [-0.3, -0.25) is 4.79 Å². The number of para-hydroxylation sites is 1. The Bertz CT molecular complexity index is 1580. The molecule has 0 aliphatic carbocycles. The number of halogens is 2. The van der Waals surface area contributed by atoms with E-state index in [2.05, 4.69) is 5.32 Å². The number of aromatic nitrogens is 1. The molecule has 1 aromatic heterocycles. The van der Waals surface area contributed by atoms with Crippen molar-refractivity contribution >= 4 is 45.1 Å². The van der Waals surface area contributed by atoms with Crippen LogP contribution in [0.4, 0.5) is 0 Å². The molecule has 0 bridgehead atoms. The first-order valence-electron chi connectivity index (χ1n) is 11.2. The highest BCUT2D eigenvalue weighted by Gasteiger charge is 2.27. The van der Waals surface area contributed by atoms with Crippen molar-refractivity contribution in [3.63, 3.8) is 0 Å². The predicted octanol–water partition coefficient (Wildman–Crippen LogP) is 5.13. The number of carboxylic acids is 1. The summed E-state index contributed by atoms with van der Waals surface area (Å²) < 4.78 is 32.5. The first kappa shape index (κ1) is 27.3. The van der Waals surface area contributed by atoms with Crippen molar-refractivity contribution in [2.24, 2.45) is 0 Å². The molecular formula is C27H22Cl2N2O6S. The number of nitrogens with one attached hydrogen (secondary N) is 1. The van der Waals surface area contributed by atoms with Crippen LogP contribution in [-0.2, 0) is 21.2 Å². The summed E-state index contributed by atoms with van der Waals surface area (Å²) in [5.41, 5.74) is 2.16. The second-order valence-corrected chi connectivity index (χ2v) is 11.0. The van der Waals surface area contributed by atoms with Gasteiger partial charge in [-0.05, 0) is 47.5 Å². The first-order valence-corrected chi connectivity index (χ1v) is 13.4. The molecule has 0 saturated carbocycles. The number of carbonyl (C=O) groups is 2. The smallest absolute Gasteiger partial charge is 0.326 e. The van der Waals surface area contributed by atoms with Gasteiger partial charge in [0.2, 0.25) is 0 Å². The lowest BCUT2D eigenvalue weighted by Crippen LogP contribution is -2.43. The molecule has 1 atom stereocenters. The highest BCUT2D eigenvalue weighted by atomic mass is 35.5. The van der Waals surface area contributed by atoms with Gasteiger partial charge in [0.1, 0.15) is 17.5 Å². The average molecular weight is 573 g/mol. The molecule has 11 heteroatoms. The Morgan fingerprint density at radius 1 is 0.974 bits per heavy atom. The van der Waals surface area contributed by atoms with Crippen molar-refractivity contribution in [3.05, 3.63) is 106 Å². The molecule has 196 valence electrons. The van der Waals surface area contributed by atoms with Crippen LogP contribution in [-0.4, -0.2) is 42.5 Å². The van der Waals surface area contributed by atoms with E-state index < -0.39 is 27.9 Å². The molecular weight excluding hydrogens is 551 g/mol. The van der Waals surface area contributed by atoms with E-state index in [4.69, 9.17) is 27.9 Å². The van der Waals surface area contributed by atoms with Crippen LogP contribution in [0, 0.1) is 0 Å². The van der Waals surface area contributed by atoms with E-state index >= 15 is 0 Å². The van der Waals surface area contributed by atoms with E-state index in [9.17, 15) is 23.1 Å². The Hall–Kier alpha value is -3.79. The number of nitrogens with zero attached hydrogens (tertiary/aromatic N) is 1. The van der Waals surface area contributed by atoms with Crippen LogP contribution in [0.5, 0.6) is 5.75 Å². The quantitative estimate of drug-likeness (QED) is 0.287. The van der Waals surface area contributed by atoms with Crippen LogP contribution in [0.1, 0.15) is 16.1 Å². The van der Waals surface area contributed by atoms with Crippen molar-refractivity contribution in [2.45, 2.75) is 17.4 Å². The summed E-state index contributed by atoms with van der Waals surface area (Å²) in [6, 6.07) is 19.8. The number of amides is 1. The third-order valence-electron chi connectivity index (χ3n) is 5.75. The molecule has 0 spiro atoms. The molecule has 2 N–H and O–H groups in total. The molecule has 0 unspecified atom stereocenters. The number of benzene rings is 3. The van der Waals surface area contributed by atoms with E-state index in [1.165, 1.54) is 36.5 Å². The second kappa shape index (κ2) is 11.3. The molecule has 0 fully saturated rings. The maximum atomic E-state index is 13.2. The summed E-state index contributed by atoms with van der Waals surface area (Å²) in [4.78, 5) is 24.8. The lowest BCUT2D eigenvalue weighted by Gasteiger charge is -2.16. The van der Waals surface area contributed by atoms with Gasteiger partial charge in [0.25, 0.3) is 15.9 Å². The third-order valence-corrected chi connectivity index (χ3v) is 7.86. The number of hydrogen-bond acceptors (Lipinski definition) is 5.